The van der Waals surface area contributed by atoms with Crippen LogP contribution in [0.4, 0.5) is 18.9 Å². The molecular formula is C28H27F3N4O3. The number of nitrogens with zero attached hydrogens (tertiary/aromatic N) is 1. The minimum Gasteiger partial charge on any atom is -0.350 e. The topological polar surface area (TPSA) is 94.3 Å². The molecule has 2 atom stereocenters. The number of aromatic amines is 1. The third kappa shape index (κ3) is 4.33. The maximum absolute atomic E-state index is 14.8. The van der Waals surface area contributed by atoms with E-state index < -0.39 is 40.6 Å². The van der Waals surface area contributed by atoms with Crippen LogP contribution in [-0.2, 0) is 15.0 Å². The molecule has 1 spiro atoms. The van der Waals surface area contributed by atoms with Gasteiger partial charge in [-0.25, -0.2) is 13.2 Å². The molecule has 0 radical (unpaired) electrons. The Morgan fingerprint density at radius 2 is 1.95 bits per heavy atom. The highest BCUT2D eigenvalue weighted by Gasteiger charge is 2.54. The van der Waals surface area contributed by atoms with Gasteiger partial charge in [0.2, 0.25) is 11.8 Å². The van der Waals surface area contributed by atoms with E-state index in [2.05, 4.69) is 15.6 Å². The number of halogens is 3. The van der Waals surface area contributed by atoms with E-state index in [0.29, 0.717) is 17.5 Å². The summed E-state index contributed by atoms with van der Waals surface area (Å²) in [6.45, 7) is 4.37. The van der Waals surface area contributed by atoms with Crippen LogP contribution in [0.3, 0.4) is 0 Å². The van der Waals surface area contributed by atoms with Gasteiger partial charge in [0.25, 0.3) is 5.91 Å². The number of fused-ring (bicyclic) bond motifs is 3. The predicted octanol–water partition coefficient (Wildman–Crippen LogP) is 4.71. The molecule has 0 aliphatic carbocycles. The summed E-state index contributed by atoms with van der Waals surface area (Å²) in [7, 11) is 0. The maximum Gasteiger partial charge on any atom is 0.268 e. The average Bonchev–Trinajstić information content (AvgIpc) is 3.52. The van der Waals surface area contributed by atoms with Gasteiger partial charge in [0.15, 0.2) is 0 Å². The van der Waals surface area contributed by atoms with Crippen molar-refractivity contribution in [3.05, 3.63) is 77.1 Å². The lowest BCUT2D eigenvalue weighted by molar-refractivity contribution is -0.132. The number of carbonyl (C=O) groups excluding carboxylic acids is 3. The van der Waals surface area contributed by atoms with E-state index in [4.69, 9.17) is 0 Å². The lowest BCUT2D eigenvalue weighted by atomic mass is 9.80. The van der Waals surface area contributed by atoms with Gasteiger partial charge in [0, 0.05) is 42.2 Å². The highest BCUT2D eigenvalue weighted by molar-refractivity contribution is 6.08. The molecule has 3 amide bonds. The summed E-state index contributed by atoms with van der Waals surface area (Å²) in [6, 6.07) is 8.95. The van der Waals surface area contributed by atoms with Crippen molar-refractivity contribution in [1.82, 2.24) is 15.2 Å². The van der Waals surface area contributed by atoms with Crippen molar-refractivity contribution in [3.8, 4) is 0 Å². The Morgan fingerprint density at radius 3 is 2.66 bits per heavy atom. The van der Waals surface area contributed by atoms with E-state index in [1.165, 1.54) is 24.8 Å². The number of nitrogens with one attached hydrogen (secondary N) is 3. The fraction of sp³-hybridized carbons (Fsp3) is 0.321. The minimum absolute atomic E-state index is 0.00819. The summed E-state index contributed by atoms with van der Waals surface area (Å²) in [5.74, 6) is -3.23. The number of hydrogen-bond donors (Lipinski definition) is 3. The van der Waals surface area contributed by atoms with Crippen LogP contribution in [0.5, 0.6) is 0 Å². The molecule has 0 saturated carbocycles. The number of anilines is 1. The summed E-state index contributed by atoms with van der Waals surface area (Å²) < 4.78 is 42.6. The maximum atomic E-state index is 14.8. The third-order valence-corrected chi connectivity index (χ3v) is 7.17. The van der Waals surface area contributed by atoms with Gasteiger partial charge in [-0.2, -0.15) is 0 Å². The fourth-order valence-electron chi connectivity index (χ4n) is 5.41. The van der Waals surface area contributed by atoms with Gasteiger partial charge in [-0.15, -0.1) is 0 Å². The normalized spacial score (nSPS) is 20.7. The van der Waals surface area contributed by atoms with E-state index in [1.807, 2.05) is 18.2 Å². The first-order valence-corrected chi connectivity index (χ1v) is 12.3. The zero-order valence-electron chi connectivity index (χ0n) is 21.1. The number of amides is 3. The number of H-pyrrole nitrogens is 1. The zero-order valence-corrected chi connectivity index (χ0v) is 21.1. The molecule has 0 unspecified atom stereocenters. The number of hydrogen-bond acceptors (Lipinski definition) is 3. The molecule has 3 aromatic rings. The molecule has 1 aromatic heterocycles. The van der Waals surface area contributed by atoms with Crippen LogP contribution >= 0.6 is 0 Å². The first kappa shape index (κ1) is 25.6. The largest absolute Gasteiger partial charge is 0.350 e. The van der Waals surface area contributed by atoms with Crippen LogP contribution in [0.15, 0.2) is 54.2 Å². The van der Waals surface area contributed by atoms with Crippen molar-refractivity contribution < 1.29 is 27.6 Å². The monoisotopic (exact) mass is 524 g/mol. The highest BCUT2D eigenvalue weighted by Crippen LogP contribution is 2.47. The SMILES string of the molecule is C/C=C1/C[C@@]2(CN1C(=O)[C@H](CC(C)(C)F)NC(=O)c1cc3c(F)cc(F)cc3[nH]1)C(=O)Nc1ccccc12. The van der Waals surface area contributed by atoms with Crippen molar-refractivity contribution in [2.45, 2.75) is 50.7 Å². The number of rotatable bonds is 5. The lowest BCUT2D eigenvalue weighted by Crippen LogP contribution is -2.51. The highest BCUT2D eigenvalue weighted by atomic mass is 19.1. The number of allylic oxidation sites excluding steroid dienone is 2. The Morgan fingerprint density at radius 1 is 1.21 bits per heavy atom. The van der Waals surface area contributed by atoms with E-state index in [0.717, 1.165) is 11.6 Å². The number of benzene rings is 2. The third-order valence-electron chi connectivity index (χ3n) is 7.17. The van der Waals surface area contributed by atoms with E-state index in [1.54, 1.807) is 19.1 Å². The van der Waals surface area contributed by atoms with Gasteiger partial charge >= 0.3 is 0 Å². The molecular weight excluding hydrogens is 497 g/mol. The molecule has 5 rings (SSSR count). The van der Waals surface area contributed by atoms with Crippen LogP contribution in [0.25, 0.3) is 10.9 Å². The molecule has 38 heavy (non-hydrogen) atoms. The van der Waals surface area contributed by atoms with Gasteiger partial charge in [-0.3, -0.25) is 14.4 Å². The van der Waals surface area contributed by atoms with Crippen LogP contribution in [0.1, 0.15) is 49.7 Å². The van der Waals surface area contributed by atoms with Gasteiger partial charge in [-0.1, -0.05) is 24.3 Å². The molecule has 2 aliphatic heterocycles. The quantitative estimate of drug-likeness (QED) is 0.451. The van der Waals surface area contributed by atoms with Crippen molar-refractivity contribution in [2.75, 3.05) is 11.9 Å². The minimum atomic E-state index is -1.83. The van der Waals surface area contributed by atoms with E-state index in [-0.39, 0.29) is 41.9 Å². The summed E-state index contributed by atoms with van der Waals surface area (Å²) >= 11 is 0. The predicted molar refractivity (Wildman–Crippen MR) is 136 cm³/mol. The summed E-state index contributed by atoms with van der Waals surface area (Å²) in [4.78, 5) is 44.2. The number of likely N-dealkylation sites (tertiary alicyclic amines) is 1. The van der Waals surface area contributed by atoms with Crippen LogP contribution in [0, 0.1) is 11.6 Å². The Labute approximate surface area is 217 Å². The van der Waals surface area contributed by atoms with Crippen LogP contribution in [0.2, 0.25) is 0 Å². The van der Waals surface area contributed by atoms with Crippen LogP contribution < -0.4 is 10.6 Å². The first-order chi connectivity index (χ1) is 17.9. The molecule has 1 fully saturated rings. The summed E-state index contributed by atoms with van der Waals surface area (Å²) in [5.41, 5.74) is -0.809. The summed E-state index contributed by atoms with van der Waals surface area (Å²) in [5, 5.41) is 5.46. The standard InChI is InChI=1S/C28H27F3N4O3/c1-4-16-12-28(18-7-5-6-8-20(18)34-26(28)38)14-35(16)25(37)23(13-27(2,3)31)33-24(36)22-11-17-19(30)9-15(29)10-21(17)32-22/h4-11,23,32H,12-14H2,1-3H3,(H,33,36)(H,34,38)/b16-4-/t23-,28-/m0/s1. The number of para-hydroxylation sites is 1. The Hall–Kier alpha value is -4.08. The summed E-state index contributed by atoms with van der Waals surface area (Å²) in [6.07, 6.45) is 1.66. The fourth-order valence-corrected chi connectivity index (χ4v) is 5.41. The number of alkyl halides is 1. The molecule has 3 heterocycles. The van der Waals surface area contributed by atoms with Gasteiger partial charge < -0.3 is 20.5 Å². The average molecular weight is 525 g/mol. The molecule has 198 valence electrons. The van der Waals surface area contributed by atoms with E-state index >= 15 is 0 Å². The smallest absolute Gasteiger partial charge is 0.268 e. The first-order valence-electron chi connectivity index (χ1n) is 12.3. The molecule has 2 aromatic carbocycles. The zero-order chi connectivity index (χ0) is 27.4. The second kappa shape index (κ2) is 9.04. The van der Waals surface area contributed by atoms with Gasteiger partial charge in [0.1, 0.15) is 29.0 Å². The van der Waals surface area contributed by atoms with Crippen molar-refractivity contribution in [2.24, 2.45) is 0 Å². The van der Waals surface area contributed by atoms with Crippen molar-refractivity contribution in [3.63, 3.8) is 0 Å². The Balaban J connectivity index is 1.45. The van der Waals surface area contributed by atoms with Crippen molar-refractivity contribution >= 4 is 34.3 Å². The molecule has 1 saturated heterocycles. The van der Waals surface area contributed by atoms with Crippen molar-refractivity contribution in [1.29, 1.82) is 0 Å². The Bertz CT molecular complexity index is 1510. The molecule has 3 N–H and O–H groups in total. The van der Waals surface area contributed by atoms with Gasteiger partial charge in [0.05, 0.1) is 10.9 Å². The van der Waals surface area contributed by atoms with Gasteiger partial charge in [-0.05, 0) is 44.5 Å². The van der Waals surface area contributed by atoms with Crippen LogP contribution in [-0.4, -0.2) is 45.9 Å². The molecule has 0 bridgehead atoms. The molecule has 2 aliphatic rings. The second-order valence-corrected chi connectivity index (χ2v) is 10.4. The number of carbonyl (C=O) groups is 3. The van der Waals surface area contributed by atoms with E-state index in [9.17, 15) is 27.6 Å². The second-order valence-electron chi connectivity index (χ2n) is 10.4. The number of aromatic nitrogens is 1. The lowest BCUT2D eigenvalue weighted by Gasteiger charge is -2.29. The molecule has 10 heteroatoms. The Kier molecular flexibility index (Phi) is 6.08. The molecule has 7 nitrogen and oxygen atoms in total.